The Morgan fingerprint density at radius 1 is 1.45 bits per heavy atom. The number of urea groups is 1. The van der Waals surface area contributed by atoms with Crippen LogP contribution >= 0.6 is 0 Å². The predicted octanol–water partition coefficient (Wildman–Crippen LogP) is 2.05. The zero-order valence-corrected chi connectivity index (χ0v) is 12.5. The van der Waals surface area contributed by atoms with Crippen molar-refractivity contribution >= 4 is 12.0 Å². The lowest BCUT2D eigenvalue weighted by Crippen LogP contribution is -2.45. The van der Waals surface area contributed by atoms with Crippen LogP contribution in [0, 0.1) is 0 Å². The molecule has 0 fully saturated rings. The van der Waals surface area contributed by atoms with Gasteiger partial charge in [-0.25, -0.2) is 9.59 Å². The molecule has 0 aliphatic carbocycles. The summed E-state index contributed by atoms with van der Waals surface area (Å²) in [5.41, 5.74) is 1.57. The number of ether oxygens (including phenoxy) is 2. The van der Waals surface area contributed by atoms with Gasteiger partial charge in [0.15, 0.2) is 0 Å². The maximum Gasteiger partial charge on any atom is 0.337 e. The molecule has 6 nitrogen and oxygen atoms in total. The monoisotopic (exact) mass is 302 g/mol. The highest BCUT2D eigenvalue weighted by Crippen LogP contribution is 2.29. The fraction of sp³-hybridized carbons (Fsp3) is 0.250. The summed E-state index contributed by atoms with van der Waals surface area (Å²) in [7, 11) is 1.31. The number of carbonyl (C=O) groups excluding carboxylic acids is 2. The molecule has 1 aromatic rings. The summed E-state index contributed by atoms with van der Waals surface area (Å²) < 4.78 is 10.3. The zero-order chi connectivity index (χ0) is 16.1. The van der Waals surface area contributed by atoms with E-state index in [1.54, 1.807) is 31.2 Å². The van der Waals surface area contributed by atoms with Crippen LogP contribution in [0.15, 0.2) is 48.2 Å². The number of hydrogen-bond donors (Lipinski definition) is 2. The van der Waals surface area contributed by atoms with Crippen LogP contribution in [-0.4, -0.2) is 25.7 Å². The van der Waals surface area contributed by atoms with Crippen LogP contribution in [0.25, 0.3) is 0 Å². The minimum atomic E-state index is -0.589. The van der Waals surface area contributed by atoms with E-state index in [-0.39, 0.29) is 6.03 Å². The van der Waals surface area contributed by atoms with E-state index in [9.17, 15) is 9.59 Å². The molecule has 1 atom stereocenters. The average Bonchev–Trinajstić information content (AvgIpc) is 2.51. The van der Waals surface area contributed by atoms with Crippen molar-refractivity contribution in [2.75, 3.05) is 13.7 Å². The molecule has 1 aromatic carbocycles. The van der Waals surface area contributed by atoms with E-state index < -0.39 is 12.0 Å². The number of allylic oxidation sites excluding steroid dienone is 1. The van der Waals surface area contributed by atoms with E-state index >= 15 is 0 Å². The number of benzene rings is 1. The van der Waals surface area contributed by atoms with Gasteiger partial charge >= 0.3 is 12.0 Å². The standard InChI is InChI=1S/C16H18N2O4/c1-4-8-22-12-7-5-6-11(9-12)14-13(15(19)21-3)10(2)17-16(20)18-14/h4-7,9,14H,1,8H2,2-3H3,(H2,17,18,20)/t14-/m1/s1. The molecule has 1 heterocycles. The Balaban J connectivity index is 2.39. The summed E-state index contributed by atoms with van der Waals surface area (Å²) in [4.78, 5) is 23.7. The van der Waals surface area contributed by atoms with Crippen LogP contribution in [0.1, 0.15) is 18.5 Å². The van der Waals surface area contributed by atoms with Crippen molar-refractivity contribution < 1.29 is 19.1 Å². The minimum Gasteiger partial charge on any atom is -0.490 e. The smallest absolute Gasteiger partial charge is 0.337 e. The molecular formula is C16H18N2O4. The molecule has 22 heavy (non-hydrogen) atoms. The molecule has 0 spiro atoms. The second-order valence-electron chi connectivity index (χ2n) is 4.73. The molecule has 0 saturated heterocycles. The first kappa shape index (κ1) is 15.6. The Morgan fingerprint density at radius 3 is 2.91 bits per heavy atom. The van der Waals surface area contributed by atoms with E-state index in [0.29, 0.717) is 23.6 Å². The first-order valence-corrected chi connectivity index (χ1v) is 6.77. The van der Waals surface area contributed by atoms with E-state index in [4.69, 9.17) is 9.47 Å². The van der Waals surface area contributed by atoms with Gasteiger partial charge in [0.05, 0.1) is 18.7 Å². The second kappa shape index (κ2) is 6.80. The summed E-state index contributed by atoms with van der Waals surface area (Å²) >= 11 is 0. The van der Waals surface area contributed by atoms with Gasteiger partial charge in [-0.15, -0.1) is 0 Å². The fourth-order valence-corrected chi connectivity index (χ4v) is 2.26. The lowest BCUT2D eigenvalue weighted by Gasteiger charge is -2.28. The molecule has 0 unspecified atom stereocenters. The molecule has 0 saturated carbocycles. The minimum absolute atomic E-state index is 0.364. The molecule has 0 bridgehead atoms. The van der Waals surface area contributed by atoms with E-state index in [1.165, 1.54) is 7.11 Å². The lowest BCUT2D eigenvalue weighted by molar-refractivity contribution is -0.136. The molecule has 2 rings (SSSR count). The maximum atomic E-state index is 12.0. The SMILES string of the molecule is C=CCOc1cccc([C@H]2NC(=O)NC(C)=C2C(=O)OC)c1. The van der Waals surface area contributed by atoms with Crippen LogP contribution in [0.2, 0.25) is 0 Å². The summed E-state index contributed by atoms with van der Waals surface area (Å²) in [5.74, 6) is 0.138. The Bertz CT molecular complexity index is 637. The van der Waals surface area contributed by atoms with Crippen LogP contribution in [-0.2, 0) is 9.53 Å². The third-order valence-corrected chi connectivity index (χ3v) is 3.23. The first-order chi connectivity index (χ1) is 10.6. The summed E-state index contributed by atoms with van der Waals surface area (Å²) in [6, 6.07) is 6.22. The van der Waals surface area contributed by atoms with Crippen molar-refractivity contribution in [3.8, 4) is 5.75 Å². The number of hydrogen-bond acceptors (Lipinski definition) is 4. The maximum absolute atomic E-state index is 12.0. The molecule has 2 amide bonds. The van der Waals surface area contributed by atoms with Crippen molar-refractivity contribution in [1.29, 1.82) is 0 Å². The average molecular weight is 302 g/mol. The van der Waals surface area contributed by atoms with Gasteiger partial charge in [0.2, 0.25) is 0 Å². The number of rotatable bonds is 5. The topological polar surface area (TPSA) is 76.7 Å². The van der Waals surface area contributed by atoms with Gasteiger partial charge in [0.1, 0.15) is 12.4 Å². The number of amides is 2. The third-order valence-electron chi connectivity index (χ3n) is 3.23. The van der Waals surface area contributed by atoms with Crippen LogP contribution in [0.5, 0.6) is 5.75 Å². The summed E-state index contributed by atoms with van der Waals surface area (Å²) in [5, 5.41) is 5.30. The molecular weight excluding hydrogens is 284 g/mol. The number of esters is 1. The Kier molecular flexibility index (Phi) is 4.83. The lowest BCUT2D eigenvalue weighted by atomic mass is 9.95. The molecule has 6 heteroatoms. The molecule has 1 aliphatic heterocycles. The van der Waals surface area contributed by atoms with Gasteiger partial charge < -0.3 is 20.1 Å². The highest BCUT2D eigenvalue weighted by Gasteiger charge is 2.31. The molecule has 2 N–H and O–H groups in total. The summed E-state index contributed by atoms with van der Waals surface area (Å²) in [6.45, 7) is 5.63. The Hall–Kier alpha value is -2.76. The number of methoxy groups -OCH3 is 1. The van der Waals surface area contributed by atoms with Gasteiger partial charge in [-0.2, -0.15) is 0 Å². The molecule has 0 aromatic heterocycles. The first-order valence-electron chi connectivity index (χ1n) is 6.77. The van der Waals surface area contributed by atoms with E-state index in [2.05, 4.69) is 17.2 Å². The predicted molar refractivity (Wildman–Crippen MR) is 81.3 cm³/mol. The molecule has 116 valence electrons. The summed E-state index contributed by atoms with van der Waals surface area (Å²) in [6.07, 6.45) is 1.64. The van der Waals surface area contributed by atoms with Gasteiger partial charge in [-0.3, -0.25) is 0 Å². The quantitative estimate of drug-likeness (QED) is 0.644. The van der Waals surface area contributed by atoms with Crippen LogP contribution < -0.4 is 15.4 Å². The highest BCUT2D eigenvalue weighted by molar-refractivity contribution is 5.94. The van der Waals surface area contributed by atoms with Gasteiger partial charge in [-0.05, 0) is 24.6 Å². The van der Waals surface area contributed by atoms with Crippen LogP contribution in [0.4, 0.5) is 4.79 Å². The van der Waals surface area contributed by atoms with Crippen molar-refractivity contribution in [3.63, 3.8) is 0 Å². The number of nitrogens with one attached hydrogen (secondary N) is 2. The van der Waals surface area contributed by atoms with Gasteiger partial charge in [0, 0.05) is 5.70 Å². The third kappa shape index (κ3) is 3.28. The highest BCUT2D eigenvalue weighted by atomic mass is 16.5. The largest absolute Gasteiger partial charge is 0.490 e. The van der Waals surface area contributed by atoms with E-state index in [0.717, 1.165) is 5.56 Å². The van der Waals surface area contributed by atoms with Gasteiger partial charge in [0.25, 0.3) is 0 Å². The van der Waals surface area contributed by atoms with Crippen LogP contribution in [0.3, 0.4) is 0 Å². The molecule has 0 radical (unpaired) electrons. The van der Waals surface area contributed by atoms with Crippen molar-refractivity contribution in [2.45, 2.75) is 13.0 Å². The number of carbonyl (C=O) groups is 2. The second-order valence-corrected chi connectivity index (χ2v) is 4.73. The van der Waals surface area contributed by atoms with Crippen molar-refractivity contribution in [2.24, 2.45) is 0 Å². The molecule has 1 aliphatic rings. The van der Waals surface area contributed by atoms with Gasteiger partial charge in [-0.1, -0.05) is 24.8 Å². The Labute approximate surface area is 128 Å². The zero-order valence-electron chi connectivity index (χ0n) is 12.5. The Morgan fingerprint density at radius 2 is 2.23 bits per heavy atom. The van der Waals surface area contributed by atoms with Crippen molar-refractivity contribution in [3.05, 3.63) is 53.8 Å². The van der Waals surface area contributed by atoms with E-state index in [1.807, 2.05) is 6.07 Å². The van der Waals surface area contributed by atoms with Crippen molar-refractivity contribution in [1.82, 2.24) is 10.6 Å². The normalized spacial score (nSPS) is 17.4. The fourth-order valence-electron chi connectivity index (χ4n) is 2.26.